The minimum atomic E-state index is -1.07. The largest absolute Gasteiger partial charge is 0.476 e. The molecule has 0 saturated carbocycles. The van der Waals surface area contributed by atoms with Gasteiger partial charge in [-0.2, -0.15) is 0 Å². The first kappa shape index (κ1) is 12.3. The van der Waals surface area contributed by atoms with Gasteiger partial charge in [-0.15, -0.1) is 10.2 Å². The molecule has 1 aromatic carbocycles. The van der Waals surface area contributed by atoms with Crippen LogP contribution < -0.4 is 5.32 Å². The SMILES string of the molecule is CC(C)CNc1c(C(=O)O)nnc2ccccc12. The molecular weight excluding hydrogens is 230 g/mol. The zero-order valence-corrected chi connectivity index (χ0v) is 10.3. The Balaban J connectivity index is 2.55. The fourth-order valence-electron chi connectivity index (χ4n) is 1.69. The van der Waals surface area contributed by atoms with Crippen LogP contribution in [-0.2, 0) is 0 Å². The summed E-state index contributed by atoms with van der Waals surface area (Å²) in [6.07, 6.45) is 0. The average molecular weight is 245 g/mol. The van der Waals surface area contributed by atoms with Crippen molar-refractivity contribution in [1.82, 2.24) is 10.2 Å². The van der Waals surface area contributed by atoms with E-state index in [1.807, 2.05) is 24.3 Å². The highest BCUT2D eigenvalue weighted by molar-refractivity contribution is 6.02. The standard InChI is InChI=1S/C13H15N3O2/c1-8(2)7-14-11-9-5-3-4-6-10(9)15-16-12(11)13(17)18/h3-6,8H,7H2,1-2H3,(H,14,15)(H,17,18). The smallest absolute Gasteiger partial charge is 0.358 e. The number of aromatic nitrogens is 2. The third-order valence-electron chi connectivity index (χ3n) is 2.56. The summed E-state index contributed by atoms with van der Waals surface area (Å²) >= 11 is 0. The minimum Gasteiger partial charge on any atom is -0.476 e. The molecule has 2 N–H and O–H groups in total. The first-order valence-corrected chi connectivity index (χ1v) is 5.82. The van der Waals surface area contributed by atoms with E-state index < -0.39 is 5.97 Å². The van der Waals surface area contributed by atoms with E-state index in [1.54, 1.807) is 0 Å². The molecule has 2 rings (SSSR count). The minimum absolute atomic E-state index is 0.0330. The van der Waals surface area contributed by atoms with Gasteiger partial charge in [-0.05, 0) is 12.0 Å². The van der Waals surface area contributed by atoms with Crippen molar-refractivity contribution in [2.45, 2.75) is 13.8 Å². The van der Waals surface area contributed by atoms with Gasteiger partial charge >= 0.3 is 5.97 Å². The van der Waals surface area contributed by atoms with E-state index in [0.717, 1.165) is 5.39 Å². The fraction of sp³-hybridized carbons (Fsp3) is 0.308. The number of fused-ring (bicyclic) bond motifs is 1. The Kier molecular flexibility index (Phi) is 3.41. The lowest BCUT2D eigenvalue weighted by Crippen LogP contribution is -2.14. The van der Waals surface area contributed by atoms with E-state index in [0.29, 0.717) is 23.7 Å². The second-order valence-electron chi connectivity index (χ2n) is 4.52. The molecule has 18 heavy (non-hydrogen) atoms. The molecule has 5 heteroatoms. The summed E-state index contributed by atoms with van der Waals surface area (Å²) in [6, 6.07) is 7.37. The Morgan fingerprint density at radius 1 is 1.33 bits per heavy atom. The average Bonchev–Trinajstić information content (AvgIpc) is 2.35. The Hall–Kier alpha value is -2.17. The van der Waals surface area contributed by atoms with Crippen LogP contribution in [0.4, 0.5) is 5.69 Å². The molecule has 2 aromatic rings. The molecule has 0 bridgehead atoms. The highest BCUT2D eigenvalue weighted by Crippen LogP contribution is 2.24. The number of carbonyl (C=O) groups is 1. The molecule has 1 aromatic heterocycles. The molecule has 0 aliphatic carbocycles. The van der Waals surface area contributed by atoms with Crippen LogP contribution in [0, 0.1) is 5.92 Å². The molecule has 94 valence electrons. The van der Waals surface area contributed by atoms with Crippen LogP contribution in [0.15, 0.2) is 24.3 Å². The molecular formula is C13H15N3O2. The Morgan fingerprint density at radius 2 is 2.06 bits per heavy atom. The monoisotopic (exact) mass is 245 g/mol. The van der Waals surface area contributed by atoms with Crippen LogP contribution in [0.5, 0.6) is 0 Å². The number of nitrogens with zero attached hydrogens (tertiary/aromatic N) is 2. The molecule has 0 amide bonds. The normalized spacial score (nSPS) is 10.8. The molecule has 0 fully saturated rings. The lowest BCUT2D eigenvalue weighted by molar-refractivity contribution is 0.0690. The number of nitrogens with one attached hydrogen (secondary N) is 1. The third-order valence-corrected chi connectivity index (χ3v) is 2.56. The van der Waals surface area contributed by atoms with Crippen molar-refractivity contribution in [3.8, 4) is 0 Å². The third kappa shape index (κ3) is 2.40. The topological polar surface area (TPSA) is 75.1 Å². The molecule has 0 atom stereocenters. The van der Waals surface area contributed by atoms with Gasteiger partial charge in [0.15, 0.2) is 5.69 Å². The number of anilines is 1. The van der Waals surface area contributed by atoms with Gasteiger partial charge in [0.25, 0.3) is 0 Å². The van der Waals surface area contributed by atoms with Gasteiger partial charge in [-0.1, -0.05) is 32.0 Å². The van der Waals surface area contributed by atoms with Crippen molar-refractivity contribution >= 4 is 22.6 Å². The van der Waals surface area contributed by atoms with Crippen LogP contribution in [-0.4, -0.2) is 27.8 Å². The van der Waals surface area contributed by atoms with Gasteiger partial charge in [0.2, 0.25) is 0 Å². The van der Waals surface area contributed by atoms with E-state index in [2.05, 4.69) is 29.4 Å². The lowest BCUT2D eigenvalue weighted by Gasteiger charge is -2.12. The van der Waals surface area contributed by atoms with Crippen molar-refractivity contribution in [2.24, 2.45) is 5.92 Å². The fourth-order valence-corrected chi connectivity index (χ4v) is 1.69. The van der Waals surface area contributed by atoms with Crippen molar-refractivity contribution in [3.63, 3.8) is 0 Å². The van der Waals surface area contributed by atoms with Gasteiger partial charge < -0.3 is 10.4 Å². The molecule has 5 nitrogen and oxygen atoms in total. The van der Waals surface area contributed by atoms with Crippen molar-refractivity contribution in [1.29, 1.82) is 0 Å². The molecule has 0 saturated heterocycles. The van der Waals surface area contributed by atoms with Gasteiger partial charge in [0.05, 0.1) is 11.2 Å². The number of aromatic carboxylic acids is 1. The summed E-state index contributed by atoms with van der Waals surface area (Å²) in [7, 11) is 0. The van der Waals surface area contributed by atoms with E-state index in [4.69, 9.17) is 5.11 Å². The highest BCUT2D eigenvalue weighted by Gasteiger charge is 2.16. The van der Waals surface area contributed by atoms with Gasteiger partial charge in [0.1, 0.15) is 0 Å². The number of hydrogen-bond donors (Lipinski definition) is 2. The molecule has 0 aliphatic heterocycles. The van der Waals surface area contributed by atoms with Crippen LogP contribution in [0.2, 0.25) is 0 Å². The zero-order valence-electron chi connectivity index (χ0n) is 10.3. The second kappa shape index (κ2) is 5.00. The summed E-state index contributed by atoms with van der Waals surface area (Å²) in [5.41, 5.74) is 1.20. The first-order valence-electron chi connectivity index (χ1n) is 5.82. The van der Waals surface area contributed by atoms with Crippen molar-refractivity contribution < 1.29 is 9.90 Å². The number of benzene rings is 1. The number of hydrogen-bond acceptors (Lipinski definition) is 4. The van der Waals surface area contributed by atoms with Gasteiger partial charge in [-0.3, -0.25) is 0 Å². The van der Waals surface area contributed by atoms with Gasteiger partial charge in [0, 0.05) is 11.9 Å². The van der Waals surface area contributed by atoms with Crippen molar-refractivity contribution in [3.05, 3.63) is 30.0 Å². The number of carboxylic acid groups (broad SMARTS) is 1. The molecule has 0 unspecified atom stereocenters. The molecule has 0 spiro atoms. The second-order valence-corrected chi connectivity index (χ2v) is 4.52. The van der Waals surface area contributed by atoms with Crippen LogP contribution in [0.1, 0.15) is 24.3 Å². The van der Waals surface area contributed by atoms with Crippen molar-refractivity contribution in [2.75, 3.05) is 11.9 Å². The summed E-state index contributed by atoms with van der Waals surface area (Å²) in [5.74, 6) is -0.655. The number of rotatable bonds is 4. The van der Waals surface area contributed by atoms with E-state index in [-0.39, 0.29) is 5.69 Å². The molecule has 0 aliphatic rings. The lowest BCUT2D eigenvalue weighted by atomic mass is 10.1. The van der Waals surface area contributed by atoms with Crippen LogP contribution in [0.25, 0.3) is 10.9 Å². The predicted octanol–water partition coefficient (Wildman–Crippen LogP) is 2.40. The highest BCUT2D eigenvalue weighted by atomic mass is 16.4. The zero-order chi connectivity index (χ0) is 13.1. The Bertz CT molecular complexity index is 581. The van der Waals surface area contributed by atoms with Gasteiger partial charge in [-0.25, -0.2) is 4.79 Å². The maximum absolute atomic E-state index is 11.2. The first-order chi connectivity index (χ1) is 8.59. The maximum Gasteiger partial charge on any atom is 0.358 e. The van der Waals surface area contributed by atoms with Crippen LogP contribution in [0.3, 0.4) is 0 Å². The quantitative estimate of drug-likeness (QED) is 0.865. The predicted molar refractivity (Wildman–Crippen MR) is 69.8 cm³/mol. The summed E-state index contributed by atoms with van der Waals surface area (Å²) in [4.78, 5) is 11.2. The molecule has 1 heterocycles. The van der Waals surface area contributed by atoms with E-state index in [9.17, 15) is 4.79 Å². The summed E-state index contributed by atoms with van der Waals surface area (Å²) < 4.78 is 0. The molecule has 0 radical (unpaired) electrons. The summed E-state index contributed by atoms with van der Waals surface area (Å²) in [6.45, 7) is 4.81. The maximum atomic E-state index is 11.2. The Morgan fingerprint density at radius 3 is 2.72 bits per heavy atom. The van der Waals surface area contributed by atoms with Crippen LogP contribution >= 0.6 is 0 Å². The summed E-state index contributed by atoms with van der Waals surface area (Å²) in [5, 5.41) is 20.8. The van der Waals surface area contributed by atoms with E-state index >= 15 is 0 Å². The Labute approximate surface area is 105 Å². The van der Waals surface area contributed by atoms with E-state index in [1.165, 1.54) is 0 Å². The number of carboxylic acids is 1.